The summed E-state index contributed by atoms with van der Waals surface area (Å²) in [6, 6.07) is 6.60. The van der Waals surface area contributed by atoms with Crippen LogP contribution in [0.15, 0.2) is 24.3 Å². The fraction of sp³-hybridized carbons (Fsp3) is 0.407. The maximum atomic E-state index is 13.7. The molecule has 3 aromatic rings. The molecule has 1 aromatic carbocycles. The summed E-state index contributed by atoms with van der Waals surface area (Å²) in [5.74, 6) is -0.262. The van der Waals surface area contributed by atoms with Gasteiger partial charge in [0.25, 0.3) is 0 Å². The average Bonchev–Trinajstić information content (AvgIpc) is 3.23. The fourth-order valence-electron chi connectivity index (χ4n) is 5.69. The van der Waals surface area contributed by atoms with Crippen LogP contribution in [0.1, 0.15) is 54.0 Å². The molecule has 2 aliphatic heterocycles. The van der Waals surface area contributed by atoms with Crippen LogP contribution in [0.3, 0.4) is 0 Å². The number of hydrogen-bond donors (Lipinski definition) is 2. The number of piperidine rings is 1. The van der Waals surface area contributed by atoms with Gasteiger partial charge >= 0.3 is 6.09 Å². The van der Waals surface area contributed by atoms with Gasteiger partial charge in [-0.3, -0.25) is 24.4 Å². The summed E-state index contributed by atoms with van der Waals surface area (Å²) in [5.41, 5.74) is 3.60. The predicted octanol–water partition coefficient (Wildman–Crippen LogP) is 3.33. The SMILES string of the molecule is CC(=O)c1nn(CC(=O)N2[C@H](C(=O)Nc3nc(C)ccc3C)C[C@@]3(C)C[C@@H]23)c2cc3c(cc12)NC(=O)OC3. The standard InChI is InChI=1S/C27H28N6O5/c1-13-5-6-14(2)28-24(13)30-25(36)20-9-27(4)10-21(27)33(20)22(35)11-32-19-7-16-12-38-26(37)29-18(16)8-17(19)23(31-32)15(3)34/h5-8,20-21H,9-12H2,1-4H3,(H,29,37)(H,28,30,36)/t20-,21+,27-/m0/s1. The second-order valence-electron chi connectivity index (χ2n) is 10.8. The largest absolute Gasteiger partial charge is 0.444 e. The minimum Gasteiger partial charge on any atom is -0.444 e. The number of benzene rings is 1. The van der Waals surface area contributed by atoms with Gasteiger partial charge in [-0.2, -0.15) is 5.10 Å². The van der Waals surface area contributed by atoms with E-state index in [2.05, 4.69) is 27.6 Å². The third kappa shape index (κ3) is 3.89. The lowest BCUT2D eigenvalue weighted by molar-refractivity contribution is -0.138. The number of ether oxygens (including phenoxy) is 1. The second kappa shape index (κ2) is 8.37. The third-order valence-electron chi connectivity index (χ3n) is 7.89. The Bertz CT molecular complexity index is 1560. The van der Waals surface area contributed by atoms with Crippen LogP contribution in [0.4, 0.5) is 16.3 Å². The topological polar surface area (TPSA) is 136 Å². The Morgan fingerprint density at radius 3 is 2.76 bits per heavy atom. The average molecular weight is 517 g/mol. The summed E-state index contributed by atoms with van der Waals surface area (Å²) < 4.78 is 6.58. The zero-order valence-corrected chi connectivity index (χ0v) is 21.6. The number of hydrogen-bond acceptors (Lipinski definition) is 7. The van der Waals surface area contributed by atoms with Crippen molar-refractivity contribution < 1.29 is 23.9 Å². The summed E-state index contributed by atoms with van der Waals surface area (Å²) >= 11 is 0. The van der Waals surface area contributed by atoms with Crippen molar-refractivity contribution in [3.8, 4) is 0 Å². The van der Waals surface area contributed by atoms with Crippen molar-refractivity contribution in [2.24, 2.45) is 5.41 Å². The molecule has 11 heteroatoms. The van der Waals surface area contributed by atoms with Crippen LogP contribution in [0.25, 0.3) is 10.9 Å². The molecule has 196 valence electrons. The van der Waals surface area contributed by atoms with Crippen molar-refractivity contribution in [2.75, 3.05) is 10.6 Å². The molecule has 1 saturated carbocycles. The lowest BCUT2D eigenvalue weighted by Gasteiger charge is -2.27. The van der Waals surface area contributed by atoms with Crippen LogP contribution in [-0.4, -0.2) is 55.4 Å². The van der Waals surface area contributed by atoms with Gasteiger partial charge in [-0.25, -0.2) is 9.78 Å². The molecule has 11 nitrogen and oxygen atoms in total. The summed E-state index contributed by atoms with van der Waals surface area (Å²) in [5, 5.41) is 10.6. The molecule has 6 rings (SSSR count). The maximum absolute atomic E-state index is 13.7. The molecule has 0 unspecified atom stereocenters. The number of likely N-dealkylation sites (tertiary alicyclic amines) is 1. The van der Waals surface area contributed by atoms with Gasteiger partial charge in [0, 0.05) is 29.6 Å². The molecule has 2 aromatic heterocycles. The number of nitrogens with one attached hydrogen (secondary N) is 2. The molecule has 3 aliphatic rings. The molecule has 2 N–H and O–H groups in total. The summed E-state index contributed by atoms with van der Waals surface area (Å²) in [7, 11) is 0. The molecule has 0 radical (unpaired) electrons. The van der Waals surface area contributed by atoms with Crippen LogP contribution in [0, 0.1) is 19.3 Å². The molecule has 1 aliphatic carbocycles. The van der Waals surface area contributed by atoms with E-state index in [4.69, 9.17) is 4.74 Å². The first-order valence-electron chi connectivity index (χ1n) is 12.6. The normalized spacial score (nSPS) is 23.4. The quantitative estimate of drug-likeness (QED) is 0.497. The van der Waals surface area contributed by atoms with E-state index in [1.807, 2.05) is 26.0 Å². The van der Waals surface area contributed by atoms with Crippen molar-refractivity contribution in [3.63, 3.8) is 0 Å². The van der Waals surface area contributed by atoms with Crippen LogP contribution in [-0.2, 0) is 27.5 Å². The van der Waals surface area contributed by atoms with Gasteiger partial charge in [0.2, 0.25) is 11.8 Å². The van der Waals surface area contributed by atoms with Gasteiger partial charge in [0.1, 0.15) is 30.7 Å². The number of Topliss-reactive ketones (excluding diaryl/α,β-unsaturated/α-hetero) is 1. The van der Waals surface area contributed by atoms with Gasteiger partial charge < -0.3 is 15.0 Å². The van der Waals surface area contributed by atoms with Crippen molar-refractivity contribution in [1.82, 2.24) is 19.7 Å². The zero-order valence-electron chi connectivity index (χ0n) is 21.6. The molecular formula is C27H28N6O5. The molecule has 38 heavy (non-hydrogen) atoms. The number of aryl methyl sites for hydroxylation is 2. The highest BCUT2D eigenvalue weighted by Gasteiger charge is 2.64. The fourth-order valence-corrected chi connectivity index (χ4v) is 5.69. The number of ketones is 1. The van der Waals surface area contributed by atoms with Gasteiger partial charge in [-0.05, 0) is 55.9 Å². The molecule has 2 fully saturated rings. The number of carbonyl (C=O) groups excluding carboxylic acids is 4. The number of aromatic nitrogens is 3. The maximum Gasteiger partial charge on any atom is 0.411 e. The van der Waals surface area contributed by atoms with Crippen LogP contribution < -0.4 is 10.6 Å². The van der Waals surface area contributed by atoms with E-state index in [1.54, 1.807) is 17.0 Å². The number of carbonyl (C=O) groups is 4. The van der Waals surface area contributed by atoms with E-state index in [-0.39, 0.29) is 47.9 Å². The van der Waals surface area contributed by atoms with Crippen molar-refractivity contribution in [1.29, 1.82) is 0 Å². The highest BCUT2D eigenvalue weighted by molar-refractivity contribution is 6.07. The molecule has 3 atom stereocenters. The van der Waals surface area contributed by atoms with Crippen LogP contribution >= 0.6 is 0 Å². The highest BCUT2D eigenvalue weighted by Crippen LogP contribution is 2.59. The lowest BCUT2D eigenvalue weighted by Crippen LogP contribution is -2.47. The Kier molecular flexibility index (Phi) is 5.30. The molecule has 3 amide bonds. The van der Waals surface area contributed by atoms with E-state index in [9.17, 15) is 19.2 Å². The molecule has 0 spiro atoms. The Morgan fingerprint density at radius 2 is 2.00 bits per heavy atom. The van der Waals surface area contributed by atoms with E-state index < -0.39 is 12.1 Å². The number of nitrogens with zero attached hydrogens (tertiary/aromatic N) is 4. The summed E-state index contributed by atoms with van der Waals surface area (Å²) in [4.78, 5) is 57.3. The molecule has 1 saturated heterocycles. The first-order chi connectivity index (χ1) is 18.0. The Morgan fingerprint density at radius 1 is 1.21 bits per heavy atom. The van der Waals surface area contributed by atoms with Crippen molar-refractivity contribution in [3.05, 3.63) is 46.8 Å². The number of fused-ring (bicyclic) bond motifs is 3. The zero-order chi connectivity index (χ0) is 26.9. The lowest BCUT2D eigenvalue weighted by atomic mass is 10.0. The number of pyridine rings is 1. The molecule has 4 heterocycles. The summed E-state index contributed by atoms with van der Waals surface area (Å²) in [6.45, 7) is 7.19. The van der Waals surface area contributed by atoms with Gasteiger partial charge in [-0.15, -0.1) is 0 Å². The van der Waals surface area contributed by atoms with E-state index in [0.29, 0.717) is 28.8 Å². The third-order valence-corrected chi connectivity index (χ3v) is 7.89. The molecular weight excluding hydrogens is 488 g/mol. The van der Waals surface area contributed by atoms with Crippen molar-refractivity contribution in [2.45, 2.75) is 65.8 Å². The van der Waals surface area contributed by atoms with Gasteiger partial charge in [-0.1, -0.05) is 13.0 Å². The number of amides is 3. The Labute approximate surface area is 218 Å². The minimum atomic E-state index is -0.626. The predicted molar refractivity (Wildman–Crippen MR) is 138 cm³/mol. The van der Waals surface area contributed by atoms with Crippen molar-refractivity contribution >= 4 is 46.1 Å². The first-order valence-corrected chi connectivity index (χ1v) is 12.6. The monoisotopic (exact) mass is 516 g/mol. The smallest absolute Gasteiger partial charge is 0.411 e. The van der Waals surface area contributed by atoms with E-state index >= 15 is 0 Å². The van der Waals surface area contributed by atoms with E-state index in [1.165, 1.54) is 11.6 Å². The Hall–Kier alpha value is -4.28. The second-order valence-corrected chi connectivity index (χ2v) is 10.8. The highest BCUT2D eigenvalue weighted by atomic mass is 16.5. The van der Waals surface area contributed by atoms with E-state index in [0.717, 1.165) is 23.2 Å². The number of rotatable bonds is 5. The Balaban J connectivity index is 1.30. The van der Waals surface area contributed by atoms with Gasteiger partial charge in [0.05, 0.1) is 11.2 Å². The van der Waals surface area contributed by atoms with Gasteiger partial charge in [0.15, 0.2) is 5.78 Å². The molecule has 0 bridgehead atoms. The number of cyclic esters (lactones) is 1. The minimum absolute atomic E-state index is 0.0252. The number of anilines is 2. The van der Waals surface area contributed by atoms with Crippen LogP contribution in [0.5, 0.6) is 0 Å². The van der Waals surface area contributed by atoms with Crippen LogP contribution in [0.2, 0.25) is 0 Å². The summed E-state index contributed by atoms with van der Waals surface area (Å²) in [6.07, 6.45) is 0.849. The first kappa shape index (κ1) is 24.1.